The van der Waals surface area contributed by atoms with Gasteiger partial charge >= 0.3 is 5.97 Å². The molecule has 82 valence electrons. The monoisotopic (exact) mass is 238 g/mol. The molecule has 0 saturated carbocycles. The van der Waals surface area contributed by atoms with E-state index in [1.807, 2.05) is 0 Å². The first-order valence-corrected chi connectivity index (χ1v) is 4.73. The minimum absolute atomic E-state index is 0.0340. The van der Waals surface area contributed by atoms with Gasteiger partial charge in [0.05, 0.1) is 12.6 Å². The molecule has 0 atom stereocenters. The van der Waals surface area contributed by atoms with E-state index >= 15 is 0 Å². The van der Waals surface area contributed by atoms with Crippen molar-refractivity contribution in [1.82, 2.24) is 9.97 Å². The molecule has 2 rings (SSSR count). The van der Waals surface area contributed by atoms with Gasteiger partial charge in [-0.2, -0.15) is 0 Å². The van der Waals surface area contributed by atoms with E-state index in [1.54, 1.807) is 0 Å². The van der Waals surface area contributed by atoms with Crippen LogP contribution in [0.15, 0.2) is 18.5 Å². The third-order valence-electron chi connectivity index (χ3n) is 2.14. The molecular weight excluding hydrogens is 232 g/mol. The Bertz CT molecular complexity index is 571. The van der Waals surface area contributed by atoms with Crippen molar-refractivity contribution in [3.8, 4) is 5.75 Å². The van der Waals surface area contributed by atoms with Gasteiger partial charge in [-0.05, 0) is 6.07 Å². The Morgan fingerprint density at radius 3 is 2.81 bits per heavy atom. The molecule has 0 spiro atoms. The Kier molecular flexibility index (Phi) is 2.62. The molecule has 0 fully saturated rings. The molecule has 5 nitrogen and oxygen atoms in total. The first-order valence-electron chi connectivity index (χ1n) is 4.35. The van der Waals surface area contributed by atoms with Crippen molar-refractivity contribution in [3.05, 3.63) is 29.2 Å². The van der Waals surface area contributed by atoms with Crippen LogP contribution in [0.25, 0.3) is 10.9 Å². The number of carboxylic acid groups (broad SMARTS) is 1. The summed E-state index contributed by atoms with van der Waals surface area (Å²) < 4.78 is 4.97. The zero-order valence-corrected chi connectivity index (χ0v) is 9.02. The Balaban J connectivity index is 2.81. The van der Waals surface area contributed by atoms with Gasteiger partial charge in [0.2, 0.25) is 0 Å². The number of hydrogen-bond acceptors (Lipinski definition) is 4. The van der Waals surface area contributed by atoms with Gasteiger partial charge in [0.1, 0.15) is 22.8 Å². The molecule has 2 aromatic rings. The Hall–Kier alpha value is -1.88. The summed E-state index contributed by atoms with van der Waals surface area (Å²) in [5, 5.41) is 9.69. The van der Waals surface area contributed by atoms with E-state index in [4.69, 9.17) is 21.4 Å². The molecule has 0 radical (unpaired) electrons. The summed E-state index contributed by atoms with van der Waals surface area (Å²) in [6, 6.07) is 2.92. The number of fused-ring (bicyclic) bond motifs is 1. The van der Waals surface area contributed by atoms with Gasteiger partial charge in [-0.1, -0.05) is 11.6 Å². The molecule has 6 heteroatoms. The quantitative estimate of drug-likeness (QED) is 0.810. The molecule has 0 aliphatic rings. The highest BCUT2D eigenvalue weighted by atomic mass is 35.5. The fourth-order valence-electron chi connectivity index (χ4n) is 1.39. The van der Waals surface area contributed by atoms with E-state index in [0.717, 1.165) is 0 Å². The SMILES string of the molecule is COc1cc2ncnc(Cl)c2cc1C(=O)O. The minimum Gasteiger partial charge on any atom is -0.496 e. The van der Waals surface area contributed by atoms with Crippen molar-refractivity contribution in [2.45, 2.75) is 0 Å². The van der Waals surface area contributed by atoms with Crippen LogP contribution >= 0.6 is 11.6 Å². The van der Waals surface area contributed by atoms with Crippen LogP contribution in [0.3, 0.4) is 0 Å². The zero-order valence-electron chi connectivity index (χ0n) is 8.27. The van der Waals surface area contributed by atoms with Crippen LogP contribution < -0.4 is 4.74 Å². The highest BCUT2D eigenvalue weighted by molar-refractivity contribution is 6.34. The Labute approximate surface area is 95.7 Å². The number of aromatic carboxylic acids is 1. The first kappa shape index (κ1) is 10.6. The highest BCUT2D eigenvalue weighted by Crippen LogP contribution is 2.27. The maximum atomic E-state index is 11.0. The molecule has 16 heavy (non-hydrogen) atoms. The topological polar surface area (TPSA) is 72.3 Å². The lowest BCUT2D eigenvalue weighted by Gasteiger charge is -2.06. The maximum Gasteiger partial charge on any atom is 0.339 e. The Morgan fingerprint density at radius 1 is 1.44 bits per heavy atom. The lowest BCUT2D eigenvalue weighted by molar-refractivity contribution is 0.0693. The average Bonchev–Trinajstić information content (AvgIpc) is 2.27. The van der Waals surface area contributed by atoms with Crippen LogP contribution in [-0.2, 0) is 0 Å². The second-order valence-corrected chi connectivity index (χ2v) is 3.40. The summed E-state index contributed by atoms with van der Waals surface area (Å²) in [5.74, 6) is -0.839. The number of rotatable bonds is 2. The normalized spacial score (nSPS) is 10.4. The molecule has 0 aliphatic heterocycles. The molecule has 0 amide bonds. The summed E-state index contributed by atoms with van der Waals surface area (Å²) in [6.07, 6.45) is 1.31. The molecule has 0 bridgehead atoms. The van der Waals surface area contributed by atoms with E-state index in [0.29, 0.717) is 10.9 Å². The number of benzene rings is 1. The fraction of sp³-hybridized carbons (Fsp3) is 0.100. The van der Waals surface area contributed by atoms with Crippen LogP contribution in [0.1, 0.15) is 10.4 Å². The second kappa shape index (κ2) is 3.94. The number of hydrogen-bond donors (Lipinski definition) is 1. The van der Waals surface area contributed by atoms with Crippen molar-refractivity contribution in [3.63, 3.8) is 0 Å². The zero-order chi connectivity index (χ0) is 11.7. The van der Waals surface area contributed by atoms with Crippen molar-refractivity contribution in [1.29, 1.82) is 0 Å². The number of ether oxygens (including phenoxy) is 1. The van der Waals surface area contributed by atoms with Gasteiger partial charge in [-0.15, -0.1) is 0 Å². The third kappa shape index (κ3) is 1.65. The van der Waals surface area contributed by atoms with Crippen molar-refractivity contribution in [2.24, 2.45) is 0 Å². The summed E-state index contributed by atoms with van der Waals surface area (Å²) in [4.78, 5) is 18.7. The van der Waals surface area contributed by atoms with Crippen LogP contribution in [0.5, 0.6) is 5.75 Å². The summed E-state index contributed by atoms with van der Waals surface area (Å²) in [5.41, 5.74) is 0.577. The lowest BCUT2D eigenvalue weighted by atomic mass is 10.1. The van der Waals surface area contributed by atoms with Gasteiger partial charge in [-0.25, -0.2) is 14.8 Å². The fourth-order valence-corrected chi connectivity index (χ4v) is 1.58. The molecule has 0 saturated heterocycles. The van der Waals surface area contributed by atoms with E-state index in [-0.39, 0.29) is 16.5 Å². The lowest BCUT2D eigenvalue weighted by Crippen LogP contribution is -2.01. The molecule has 1 N–H and O–H groups in total. The van der Waals surface area contributed by atoms with Gasteiger partial charge < -0.3 is 9.84 Å². The largest absolute Gasteiger partial charge is 0.496 e. The molecule has 0 unspecified atom stereocenters. The van der Waals surface area contributed by atoms with Crippen molar-refractivity contribution in [2.75, 3.05) is 7.11 Å². The van der Waals surface area contributed by atoms with Crippen molar-refractivity contribution < 1.29 is 14.6 Å². The van der Waals surface area contributed by atoms with E-state index in [9.17, 15) is 4.79 Å². The van der Waals surface area contributed by atoms with Crippen LogP contribution in [0.4, 0.5) is 0 Å². The summed E-state index contributed by atoms with van der Waals surface area (Å²) in [7, 11) is 1.40. The first-order chi connectivity index (χ1) is 7.63. The standard InChI is InChI=1S/C10H7ClN2O3/c1-16-8-3-7-5(2-6(8)10(14)15)9(11)13-4-12-7/h2-4H,1H3,(H,14,15). The van der Waals surface area contributed by atoms with Gasteiger partial charge in [-0.3, -0.25) is 0 Å². The van der Waals surface area contributed by atoms with Gasteiger partial charge in [0.25, 0.3) is 0 Å². The molecular formula is C10H7ClN2O3. The number of halogens is 1. The van der Waals surface area contributed by atoms with Gasteiger partial charge in [0, 0.05) is 11.5 Å². The smallest absolute Gasteiger partial charge is 0.339 e. The molecule has 0 aliphatic carbocycles. The second-order valence-electron chi connectivity index (χ2n) is 3.04. The number of carbonyl (C=O) groups is 1. The predicted octanol–water partition coefficient (Wildman–Crippen LogP) is 1.99. The number of carboxylic acids is 1. The number of methoxy groups -OCH3 is 1. The minimum atomic E-state index is -1.08. The third-order valence-corrected chi connectivity index (χ3v) is 2.44. The summed E-state index contributed by atoms with van der Waals surface area (Å²) >= 11 is 5.84. The van der Waals surface area contributed by atoms with Gasteiger partial charge in [0.15, 0.2) is 0 Å². The van der Waals surface area contributed by atoms with E-state index in [1.165, 1.54) is 25.6 Å². The molecule has 1 heterocycles. The van der Waals surface area contributed by atoms with Crippen LogP contribution in [0.2, 0.25) is 5.15 Å². The van der Waals surface area contributed by atoms with Crippen LogP contribution in [-0.4, -0.2) is 28.2 Å². The number of aromatic nitrogens is 2. The van der Waals surface area contributed by atoms with Crippen LogP contribution in [0, 0.1) is 0 Å². The highest BCUT2D eigenvalue weighted by Gasteiger charge is 2.14. The van der Waals surface area contributed by atoms with E-state index < -0.39 is 5.97 Å². The van der Waals surface area contributed by atoms with E-state index in [2.05, 4.69) is 9.97 Å². The average molecular weight is 239 g/mol. The maximum absolute atomic E-state index is 11.0. The number of nitrogens with zero attached hydrogens (tertiary/aromatic N) is 2. The molecule has 1 aromatic carbocycles. The summed E-state index contributed by atoms with van der Waals surface area (Å²) in [6.45, 7) is 0. The Morgan fingerprint density at radius 2 is 2.19 bits per heavy atom. The van der Waals surface area contributed by atoms with Crippen molar-refractivity contribution >= 4 is 28.5 Å². The molecule has 1 aromatic heterocycles. The predicted molar refractivity (Wildman–Crippen MR) is 58.1 cm³/mol.